The van der Waals surface area contributed by atoms with Gasteiger partial charge in [-0.25, -0.2) is 0 Å². The molecule has 20 heavy (non-hydrogen) atoms. The number of nitrogens with zero attached hydrogens (tertiary/aromatic N) is 2. The second kappa shape index (κ2) is 5.73. The molecular formula is C14H15N3O3. The van der Waals surface area contributed by atoms with Gasteiger partial charge in [0.15, 0.2) is 5.76 Å². The van der Waals surface area contributed by atoms with Crippen LogP contribution in [0.4, 0.5) is 0 Å². The Morgan fingerprint density at radius 2 is 2.25 bits per heavy atom. The zero-order valence-electron chi connectivity index (χ0n) is 10.9. The van der Waals surface area contributed by atoms with E-state index in [9.17, 15) is 4.79 Å². The Labute approximate surface area is 116 Å². The van der Waals surface area contributed by atoms with Crippen LogP contribution >= 0.6 is 0 Å². The molecule has 1 aliphatic carbocycles. The number of amides is 1. The second-order valence-corrected chi connectivity index (χ2v) is 4.65. The standard InChI is InChI=1S/C14H15N3O3/c18-14(10-3-4-10)15-7-9-20-13-6-5-11(16-17-13)12-2-1-8-19-12/h1-2,5-6,8,10H,3-4,7,9H2,(H,15,18). The molecule has 3 rings (SSSR count). The average Bonchev–Trinajstić information content (AvgIpc) is 3.19. The van der Waals surface area contributed by atoms with Crippen LogP contribution in [0.3, 0.4) is 0 Å². The first-order valence-corrected chi connectivity index (χ1v) is 6.61. The zero-order chi connectivity index (χ0) is 13.8. The lowest BCUT2D eigenvalue weighted by atomic mass is 10.3. The largest absolute Gasteiger partial charge is 0.475 e. The van der Waals surface area contributed by atoms with Crippen LogP contribution in [-0.4, -0.2) is 29.3 Å². The molecule has 0 spiro atoms. The molecule has 6 nitrogen and oxygen atoms in total. The molecule has 0 saturated heterocycles. The quantitative estimate of drug-likeness (QED) is 0.810. The van der Waals surface area contributed by atoms with Crippen molar-refractivity contribution in [2.75, 3.05) is 13.2 Å². The minimum Gasteiger partial charge on any atom is -0.475 e. The van der Waals surface area contributed by atoms with Gasteiger partial charge < -0.3 is 14.5 Å². The van der Waals surface area contributed by atoms with Crippen LogP contribution in [0.25, 0.3) is 11.5 Å². The number of furan rings is 1. The minimum absolute atomic E-state index is 0.118. The van der Waals surface area contributed by atoms with Crippen LogP contribution in [0.5, 0.6) is 5.88 Å². The SMILES string of the molecule is O=C(NCCOc1ccc(-c2ccco2)nn1)C1CC1. The molecule has 104 valence electrons. The van der Waals surface area contributed by atoms with Gasteiger partial charge in [-0.3, -0.25) is 4.79 Å². The molecule has 6 heteroatoms. The Bertz CT molecular complexity index is 562. The van der Waals surface area contributed by atoms with E-state index in [-0.39, 0.29) is 11.8 Å². The molecule has 1 amide bonds. The molecule has 2 heterocycles. The number of nitrogens with one attached hydrogen (secondary N) is 1. The van der Waals surface area contributed by atoms with E-state index in [1.165, 1.54) is 0 Å². The van der Waals surface area contributed by atoms with Gasteiger partial charge in [0, 0.05) is 12.0 Å². The van der Waals surface area contributed by atoms with Crippen LogP contribution < -0.4 is 10.1 Å². The van der Waals surface area contributed by atoms with E-state index >= 15 is 0 Å². The van der Waals surface area contributed by atoms with Crippen molar-refractivity contribution < 1.29 is 13.9 Å². The van der Waals surface area contributed by atoms with E-state index in [2.05, 4.69) is 15.5 Å². The number of carbonyl (C=O) groups excluding carboxylic acids is 1. The van der Waals surface area contributed by atoms with Crippen molar-refractivity contribution in [1.29, 1.82) is 0 Å². The Kier molecular flexibility index (Phi) is 3.62. The minimum atomic E-state index is 0.118. The highest BCUT2D eigenvalue weighted by Gasteiger charge is 2.28. The number of carbonyl (C=O) groups is 1. The lowest BCUT2D eigenvalue weighted by Crippen LogP contribution is -2.29. The highest BCUT2D eigenvalue weighted by Crippen LogP contribution is 2.28. The Balaban J connectivity index is 1.45. The van der Waals surface area contributed by atoms with E-state index in [1.54, 1.807) is 24.5 Å². The molecule has 0 bridgehead atoms. The smallest absolute Gasteiger partial charge is 0.233 e. The zero-order valence-corrected chi connectivity index (χ0v) is 10.9. The maximum absolute atomic E-state index is 11.4. The van der Waals surface area contributed by atoms with Crippen LogP contribution in [0.1, 0.15) is 12.8 Å². The molecule has 0 unspecified atom stereocenters. The van der Waals surface area contributed by atoms with Gasteiger partial charge in [-0.15, -0.1) is 10.2 Å². The van der Waals surface area contributed by atoms with Crippen LogP contribution in [0, 0.1) is 5.92 Å². The van der Waals surface area contributed by atoms with E-state index in [0.29, 0.717) is 30.5 Å². The summed E-state index contributed by atoms with van der Waals surface area (Å²) in [5, 5.41) is 10.8. The third kappa shape index (κ3) is 3.14. The summed E-state index contributed by atoms with van der Waals surface area (Å²) >= 11 is 0. The van der Waals surface area contributed by atoms with Gasteiger partial charge >= 0.3 is 0 Å². The number of rotatable bonds is 6. The molecule has 0 radical (unpaired) electrons. The third-order valence-electron chi connectivity index (χ3n) is 3.01. The van der Waals surface area contributed by atoms with Crippen molar-refractivity contribution in [3.8, 4) is 17.3 Å². The second-order valence-electron chi connectivity index (χ2n) is 4.65. The van der Waals surface area contributed by atoms with Gasteiger partial charge in [0.2, 0.25) is 11.8 Å². The summed E-state index contributed by atoms with van der Waals surface area (Å²) in [7, 11) is 0. The number of aromatic nitrogens is 2. The average molecular weight is 273 g/mol. The van der Waals surface area contributed by atoms with Crippen molar-refractivity contribution in [2.45, 2.75) is 12.8 Å². The summed E-state index contributed by atoms with van der Waals surface area (Å²) in [6, 6.07) is 7.12. The van der Waals surface area contributed by atoms with Gasteiger partial charge in [0.1, 0.15) is 12.3 Å². The topological polar surface area (TPSA) is 77.2 Å². The maximum atomic E-state index is 11.4. The van der Waals surface area contributed by atoms with Crippen LogP contribution in [0.2, 0.25) is 0 Å². The Morgan fingerprint density at radius 3 is 2.90 bits per heavy atom. The molecule has 2 aromatic heterocycles. The Hall–Kier alpha value is -2.37. The molecule has 1 N–H and O–H groups in total. The normalized spacial score (nSPS) is 14.0. The van der Waals surface area contributed by atoms with Crippen molar-refractivity contribution in [2.24, 2.45) is 5.92 Å². The highest BCUT2D eigenvalue weighted by molar-refractivity contribution is 5.80. The van der Waals surface area contributed by atoms with E-state index in [4.69, 9.17) is 9.15 Å². The number of hydrogen-bond donors (Lipinski definition) is 1. The lowest BCUT2D eigenvalue weighted by molar-refractivity contribution is -0.122. The van der Waals surface area contributed by atoms with Gasteiger partial charge in [-0.05, 0) is 31.0 Å². The third-order valence-corrected chi connectivity index (χ3v) is 3.01. The molecule has 1 saturated carbocycles. The van der Waals surface area contributed by atoms with Crippen molar-refractivity contribution in [3.05, 3.63) is 30.5 Å². The summed E-state index contributed by atoms with van der Waals surface area (Å²) < 4.78 is 10.6. The first kappa shape index (κ1) is 12.7. The molecule has 0 aromatic carbocycles. The van der Waals surface area contributed by atoms with Gasteiger partial charge in [0.25, 0.3) is 0 Å². The van der Waals surface area contributed by atoms with E-state index < -0.39 is 0 Å². The van der Waals surface area contributed by atoms with E-state index in [1.807, 2.05) is 6.07 Å². The molecule has 1 fully saturated rings. The molecule has 1 aliphatic rings. The van der Waals surface area contributed by atoms with Crippen molar-refractivity contribution >= 4 is 5.91 Å². The predicted molar refractivity (Wildman–Crippen MR) is 71.0 cm³/mol. The highest BCUT2D eigenvalue weighted by atomic mass is 16.5. The Morgan fingerprint density at radius 1 is 1.35 bits per heavy atom. The molecule has 2 aromatic rings. The fourth-order valence-electron chi connectivity index (χ4n) is 1.77. The van der Waals surface area contributed by atoms with Crippen molar-refractivity contribution in [1.82, 2.24) is 15.5 Å². The number of hydrogen-bond acceptors (Lipinski definition) is 5. The first-order chi connectivity index (χ1) is 9.83. The predicted octanol–water partition coefficient (Wildman–Crippen LogP) is 1.64. The summed E-state index contributed by atoms with van der Waals surface area (Å²) in [5.41, 5.74) is 0.657. The summed E-state index contributed by atoms with van der Waals surface area (Å²) in [6.45, 7) is 0.865. The fourth-order valence-corrected chi connectivity index (χ4v) is 1.77. The molecule has 0 aliphatic heterocycles. The lowest BCUT2D eigenvalue weighted by Gasteiger charge is -2.06. The summed E-state index contributed by atoms with van der Waals surface area (Å²) in [6.07, 6.45) is 3.60. The first-order valence-electron chi connectivity index (χ1n) is 6.61. The van der Waals surface area contributed by atoms with E-state index in [0.717, 1.165) is 12.8 Å². The molecular weight excluding hydrogens is 258 g/mol. The molecule has 0 atom stereocenters. The fraction of sp³-hybridized carbons (Fsp3) is 0.357. The maximum Gasteiger partial charge on any atom is 0.233 e. The monoisotopic (exact) mass is 273 g/mol. The summed E-state index contributed by atoms with van der Waals surface area (Å²) in [5.74, 6) is 1.44. The van der Waals surface area contributed by atoms with Gasteiger partial charge in [0.05, 0.1) is 12.8 Å². The number of ether oxygens (including phenoxy) is 1. The van der Waals surface area contributed by atoms with Crippen molar-refractivity contribution in [3.63, 3.8) is 0 Å². The van der Waals surface area contributed by atoms with Crippen LogP contribution in [0.15, 0.2) is 34.9 Å². The van der Waals surface area contributed by atoms with Gasteiger partial charge in [-0.2, -0.15) is 0 Å². The van der Waals surface area contributed by atoms with Crippen LogP contribution in [-0.2, 0) is 4.79 Å². The van der Waals surface area contributed by atoms with Gasteiger partial charge in [-0.1, -0.05) is 0 Å². The summed E-state index contributed by atoms with van der Waals surface area (Å²) in [4.78, 5) is 11.4.